The lowest BCUT2D eigenvalue weighted by Crippen LogP contribution is -2.53. The van der Waals surface area contributed by atoms with Gasteiger partial charge in [0.15, 0.2) is 0 Å². The average Bonchev–Trinajstić information content (AvgIpc) is 1.59. The molecule has 0 spiro atoms. The van der Waals surface area contributed by atoms with E-state index in [2.05, 4.69) is 300 Å². The molecule has 0 aliphatic carbocycles. The summed E-state index contributed by atoms with van der Waals surface area (Å²) in [6, 6.07) is 0. The van der Waals surface area contributed by atoms with Crippen LogP contribution in [0.1, 0.15) is 397 Å². The molecular formula is C87H189N3S3. The summed E-state index contributed by atoms with van der Waals surface area (Å²) in [7, 11) is 0. The maximum atomic E-state index is 3.79. The third-order valence-corrected chi connectivity index (χ3v) is 26.9. The Hall–Kier alpha value is 0.930. The molecule has 0 unspecified atom stereocenters. The van der Waals surface area contributed by atoms with E-state index in [0.29, 0.717) is 31.9 Å². The van der Waals surface area contributed by atoms with Crippen LogP contribution in [0.5, 0.6) is 0 Å². The van der Waals surface area contributed by atoms with Crippen LogP contribution in [0.2, 0.25) is 0 Å². The molecule has 6 aliphatic heterocycles. The zero-order chi connectivity index (χ0) is 73.5. The molecule has 0 amide bonds. The van der Waals surface area contributed by atoms with E-state index in [1.54, 1.807) is 0 Å². The molecule has 0 aromatic heterocycles. The van der Waals surface area contributed by atoms with Gasteiger partial charge in [-0.15, -0.1) is 0 Å². The number of hydrogen-bond donors (Lipinski definition) is 3. The molecule has 3 N–H and O–H groups in total. The largest absolute Gasteiger partial charge is 0.317 e. The van der Waals surface area contributed by atoms with E-state index in [-0.39, 0.29) is 0 Å². The minimum atomic E-state index is 0.413. The molecule has 93 heavy (non-hydrogen) atoms. The SMILES string of the molecule is CC(C)C1(C(C)C)CCCCCN1.CC(C)C1(C(C)C)CCCCNC1.CC(C)C1(C(C)C)CCCCS1.CC(C)C1(C(C)C)CCCNCC1.CC(C)C1(C(C)C)CCCSC1.CC(C)C1(C(C)C)CCSCC1.CCC.CCC.CCC.CCC.CCC.CCC. The van der Waals surface area contributed by atoms with Crippen molar-refractivity contribution in [1.82, 2.24) is 16.0 Å². The quantitative estimate of drug-likeness (QED) is 0.181. The normalized spacial score (nSPS) is 20.1. The van der Waals surface area contributed by atoms with Gasteiger partial charge in [-0.1, -0.05) is 313 Å². The second kappa shape index (κ2) is 62.7. The molecular weight excluding hydrogens is 1180 g/mol. The molecule has 570 valence electrons. The van der Waals surface area contributed by atoms with E-state index in [9.17, 15) is 0 Å². The molecule has 3 nitrogen and oxygen atoms in total. The highest BCUT2D eigenvalue weighted by molar-refractivity contribution is 8.00. The first-order valence-corrected chi connectivity index (χ1v) is 44.8. The van der Waals surface area contributed by atoms with Gasteiger partial charge in [-0.25, -0.2) is 0 Å². The van der Waals surface area contributed by atoms with Gasteiger partial charge in [-0.05, 0) is 231 Å². The third-order valence-electron chi connectivity index (χ3n) is 22.5. The smallest absolute Gasteiger partial charge is 0.0227 e. The molecule has 6 heterocycles. The first-order chi connectivity index (χ1) is 43.5. The van der Waals surface area contributed by atoms with Crippen LogP contribution >= 0.6 is 35.3 Å². The zero-order valence-corrected chi connectivity index (χ0v) is 74.4. The summed E-state index contributed by atoms with van der Waals surface area (Å²) in [5.74, 6) is 16.8. The van der Waals surface area contributed by atoms with Crippen molar-refractivity contribution < 1.29 is 0 Å². The number of nitrogens with one attached hydrogen (secondary N) is 3. The van der Waals surface area contributed by atoms with Crippen LogP contribution in [0.25, 0.3) is 0 Å². The molecule has 6 aliphatic rings. The minimum absolute atomic E-state index is 0.413. The predicted molar refractivity (Wildman–Crippen MR) is 448 cm³/mol. The molecule has 0 aromatic rings. The predicted octanol–water partition coefficient (Wildman–Crippen LogP) is 29.4. The van der Waals surface area contributed by atoms with Crippen LogP contribution in [-0.4, -0.2) is 71.8 Å². The summed E-state index contributed by atoms with van der Waals surface area (Å²) in [4.78, 5) is 0. The van der Waals surface area contributed by atoms with Gasteiger partial charge in [-0.2, -0.15) is 35.3 Å². The molecule has 0 atom stereocenters. The van der Waals surface area contributed by atoms with Gasteiger partial charge >= 0.3 is 0 Å². The Balaban J connectivity index is -0.000000232. The van der Waals surface area contributed by atoms with Crippen molar-refractivity contribution in [3.05, 3.63) is 0 Å². The van der Waals surface area contributed by atoms with Crippen LogP contribution < -0.4 is 16.0 Å². The monoisotopic (exact) mass is 1370 g/mol. The Kier molecular flexibility index (Phi) is 70.7. The molecule has 0 saturated carbocycles. The number of thioether (sulfide) groups is 3. The Bertz CT molecular complexity index is 1230. The Morgan fingerprint density at radius 1 is 0.258 bits per heavy atom. The molecule has 0 aromatic carbocycles. The molecule has 6 saturated heterocycles. The highest BCUT2D eigenvalue weighted by atomic mass is 32.2. The fourth-order valence-electron chi connectivity index (χ4n) is 15.9. The van der Waals surface area contributed by atoms with E-state index in [4.69, 9.17) is 0 Å². The van der Waals surface area contributed by atoms with Crippen LogP contribution in [-0.2, 0) is 0 Å². The lowest BCUT2D eigenvalue weighted by molar-refractivity contribution is 0.0930. The van der Waals surface area contributed by atoms with Gasteiger partial charge in [0, 0.05) is 16.8 Å². The van der Waals surface area contributed by atoms with Gasteiger partial charge in [0.2, 0.25) is 0 Å². The van der Waals surface area contributed by atoms with Crippen LogP contribution in [0.15, 0.2) is 0 Å². The van der Waals surface area contributed by atoms with Crippen molar-refractivity contribution in [3.8, 4) is 0 Å². The summed E-state index contributed by atoms with van der Waals surface area (Å²) in [6.07, 6.45) is 31.4. The van der Waals surface area contributed by atoms with Gasteiger partial charge in [0.05, 0.1) is 0 Å². The van der Waals surface area contributed by atoms with Crippen molar-refractivity contribution in [1.29, 1.82) is 0 Å². The van der Waals surface area contributed by atoms with Crippen LogP contribution in [0, 0.1) is 92.7 Å². The first-order valence-electron chi connectivity index (χ1n) is 41.5. The minimum Gasteiger partial charge on any atom is -0.317 e. The number of rotatable bonds is 12. The van der Waals surface area contributed by atoms with Crippen LogP contribution in [0.4, 0.5) is 0 Å². The topological polar surface area (TPSA) is 36.1 Å². The summed E-state index contributed by atoms with van der Waals surface area (Å²) >= 11 is 6.52. The average molecular weight is 1370 g/mol. The van der Waals surface area contributed by atoms with Crippen molar-refractivity contribution in [2.75, 3.05) is 61.5 Å². The fraction of sp³-hybridized carbons (Fsp3) is 1.00. The standard InChI is InChI=1S/3C12H25N.3C11H22S.6C3H8/c1-10(2)12(11(3)4)6-5-8-13-9-7-12;1-10(2)12(11(3)4)7-5-6-8-13-9-12;1-10(2)12(11(3)4)8-6-5-7-9-13-12;1-9(2)11(10(3)4)5-7-12-8-6-11;1-9(2)11(10(3)4)6-5-7-12-8-11;1-9(2)11(10(3)4)7-5-6-8-12-11;6*1-3-2/h3*10-11,13H,5-9H2,1-4H3;3*9-10H,5-8H2,1-4H3;6*3H2,1-2H3. The van der Waals surface area contributed by atoms with Gasteiger partial charge < -0.3 is 16.0 Å². The molecule has 0 radical (unpaired) electrons. The van der Waals surface area contributed by atoms with Crippen LogP contribution in [0.3, 0.4) is 0 Å². The van der Waals surface area contributed by atoms with Gasteiger partial charge in [0.25, 0.3) is 0 Å². The van der Waals surface area contributed by atoms with E-state index >= 15 is 0 Å². The van der Waals surface area contributed by atoms with Crippen molar-refractivity contribution >= 4 is 35.3 Å². The van der Waals surface area contributed by atoms with Crippen molar-refractivity contribution in [2.45, 2.75) is 407 Å². The zero-order valence-electron chi connectivity index (χ0n) is 72.0. The lowest BCUT2D eigenvalue weighted by Gasteiger charge is -2.44. The molecule has 0 bridgehead atoms. The number of hydrogen-bond acceptors (Lipinski definition) is 6. The molecule has 6 fully saturated rings. The van der Waals surface area contributed by atoms with E-state index < -0.39 is 0 Å². The summed E-state index contributed by atoms with van der Waals surface area (Å²) in [5.41, 5.74) is 2.87. The highest BCUT2D eigenvalue weighted by Gasteiger charge is 2.42. The van der Waals surface area contributed by atoms with E-state index in [0.717, 1.165) is 71.0 Å². The Morgan fingerprint density at radius 3 is 0.935 bits per heavy atom. The second-order valence-electron chi connectivity index (χ2n) is 33.6. The van der Waals surface area contributed by atoms with Crippen molar-refractivity contribution in [3.63, 3.8) is 0 Å². The molecule has 6 rings (SSSR count). The second-order valence-corrected chi connectivity index (χ2v) is 37.4. The third kappa shape index (κ3) is 41.6. The summed E-state index contributed by atoms with van der Waals surface area (Å²) in [6.45, 7) is 88.9. The fourth-order valence-corrected chi connectivity index (χ4v) is 20.5. The maximum Gasteiger partial charge on any atom is 0.0227 e. The maximum absolute atomic E-state index is 3.79. The first kappa shape index (κ1) is 105. The van der Waals surface area contributed by atoms with E-state index in [1.807, 2.05) is 0 Å². The Morgan fingerprint density at radius 2 is 0.613 bits per heavy atom. The molecule has 6 heteroatoms. The highest BCUT2D eigenvalue weighted by Crippen LogP contribution is 2.50. The van der Waals surface area contributed by atoms with Gasteiger partial charge in [-0.3, -0.25) is 0 Å². The van der Waals surface area contributed by atoms with Gasteiger partial charge in [0.1, 0.15) is 0 Å². The summed E-state index contributed by atoms with van der Waals surface area (Å²) < 4.78 is 0.595. The van der Waals surface area contributed by atoms with E-state index in [1.165, 1.54) is 209 Å². The Labute approximate surface area is 608 Å². The summed E-state index contributed by atoms with van der Waals surface area (Å²) in [5, 5.41) is 10.9. The lowest BCUT2D eigenvalue weighted by atomic mass is 9.64. The van der Waals surface area contributed by atoms with Crippen molar-refractivity contribution in [2.24, 2.45) is 92.7 Å².